The first-order valence-electron chi connectivity index (χ1n) is 0.498. The standard InChI is InChI=1S/Dy.Ho.4O. The van der Waals surface area contributed by atoms with Crippen molar-refractivity contribution in [2.45, 2.75) is 0 Å². The molecule has 0 spiro atoms. The molecule has 0 aliphatic heterocycles. The molecule has 0 heterocycles. The first-order valence-corrected chi connectivity index (χ1v) is 3.70. The Bertz CT molecular complexity index is 87.7. The summed E-state index contributed by atoms with van der Waals surface area (Å²) in [5.74, 6) is 0. The second-order valence-corrected chi connectivity index (χ2v) is 1.12. The van der Waals surface area contributed by atoms with E-state index in [9.17, 15) is 0 Å². The van der Waals surface area contributed by atoms with Crippen LogP contribution in [0, 0.1) is 68.5 Å². The molecule has 0 N–H and O–H groups in total. The van der Waals surface area contributed by atoms with Gasteiger partial charge in [0.15, 0.2) is 0 Å². The van der Waals surface area contributed by atoms with Gasteiger partial charge in [0.05, 0.1) is 0 Å². The third-order valence-corrected chi connectivity index (χ3v) is 0. The minimum absolute atomic E-state index is 0.889. The molecule has 0 aliphatic rings. The van der Waals surface area contributed by atoms with Gasteiger partial charge in [0.2, 0.25) is 0 Å². The predicted molar refractivity (Wildman–Crippen MR) is 2.75 cm³/mol. The fourth-order valence-corrected chi connectivity index (χ4v) is 0. The maximum atomic E-state index is 8.56. The van der Waals surface area contributed by atoms with Crippen molar-refractivity contribution in [1.29, 1.82) is 0 Å². The van der Waals surface area contributed by atoms with E-state index in [2.05, 4.69) is 0 Å². The quantitative estimate of drug-likeness (QED) is 0.524. The first kappa shape index (κ1) is 10.7. The Hall–Kier alpha value is 1.73. The second-order valence-electron chi connectivity index (χ2n) is 0.151. The van der Waals surface area contributed by atoms with E-state index >= 15 is 0 Å². The molecule has 6 heteroatoms. The molecular weight excluding hydrogens is 391 g/mol. The van der Waals surface area contributed by atoms with E-state index in [4.69, 9.17) is 5.68 Å². The summed E-state index contributed by atoms with van der Waals surface area (Å²) in [5.41, 5.74) is 0. The van der Waals surface area contributed by atoms with Crippen LogP contribution < -0.4 is 0 Å². The fourth-order valence-electron chi connectivity index (χ4n) is 0. The predicted octanol–water partition coefficient (Wildman–Crippen LogP) is -0.475. The fraction of sp³-hybridized carbons (Fsp3) is 0. The van der Waals surface area contributed by atoms with Gasteiger partial charge in [-0.15, -0.1) is 0 Å². The Kier molecular flexibility index (Phi) is 17.6. The monoisotopic (exact) mass is 393 g/mol. The van der Waals surface area contributed by atoms with Crippen LogP contribution in [0.5, 0.6) is 0 Å². The van der Waals surface area contributed by atoms with Gasteiger partial charge in [0.1, 0.15) is 0 Å². The van der Waals surface area contributed by atoms with E-state index in [1.165, 1.54) is 0 Å². The normalized spacial score (nSPS) is 8.00. The van der Waals surface area contributed by atoms with Crippen molar-refractivity contribution in [3.63, 3.8) is 0 Å². The molecule has 45 valence electrons. The van der Waals surface area contributed by atoms with Crippen LogP contribution in [0.4, 0.5) is 0 Å². The third-order valence-electron chi connectivity index (χ3n) is 0. The maximum absolute atomic E-state index is 8.56. The Labute approximate surface area is 72.3 Å². The van der Waals surface area contributed by atoms with Crippen LogP contribution in [0.1, 0.15) is 0 Å². The number of hydrogen-bond donors (Lipinski definition) is 0. The van der Waals surface area contributed by atoms with E-state index < -0.39 is 32.2 Å². The Morgan fingerprint density at radius 3 is 1.00 bits per heavy atom. The van der Waals surface area contributed by atoms with Crippen molar-refractivity contribution in [3.8, 4) is 0 Å². The zero-order valence-electron chi connectivity index (χ0n) is 2.25. The van der Waals surface area contributed by atoms with Crippen molar-refractivity contribution < 1.29 is 74.2 Å². The molecule has 4 nitrogen and oxygen atoms in total. The zero-order valence-corrected chi connectivity index (χ0v) is 6.21. The Morgan fingerprint density at radius 1 is 1.00 bits per heavy atom. The van der Waals surface area contributed by atoms with Crippen LogP contribution in [-0.4, -0.2) is 0 Å². The molecule has 0 aliphatic carbocycles. The van der Waals surface area contributed by atoms with E-state index in [1.807, 2.05) is 0 Å². The molecule has 0 unspecified atom stereocenters. The molecule has 0 saturated heterocycles. The van der Waals surface area contributed by atoms with Gasteiger partial charge in [-0.2, -0.15) is 0 Å². The SMILES string of the molecule is [O]=[Dy].[O]=[Ho](=[O])=[O]. The molecule has 0 saturated carbocycles. The summed E-state index contributed by atoms with van der Waals surface area (Å²) < 4.78 is 33.9. The van der Waals surface area contributed by atoms with E-state index in [1.54, 1.807) is 0 Å². The zero-order chi connectivity index (χ0) is 5.58. The molecule has 0 rings (SSSR count). The van der Waals surface area contributed by atoms with E-state index in [0.717, 1.165) is 36.3 Å². The molecule has 0 aromatic heterocycles. The van der Waals surface area contributed by atoms with Crippen LogP contribution in [0.25, 0.3) is 0 Å². The van der Waals surface area contributed by atoms with Gasteiger partial charge in [-0.25, -0.2) is 0 Å². The molecule has 0 radical (unpaired) electrons. The summed E-state index contributed by atoms with van der Waals surface area (Å²) in [7, 11) is 0. The topological polar surface area (TPSA) is 68.3 Å². The van der Waals surface area contributed by atoms with Crippen LogP contribution in [0.15, 0.2) is 0 Å². The van der Waals surface area contributed by atoms with Crippen molar-refractivity contribution in [2.24, 2.45) is 0 Å². The Balaban J connectivity index is 0. The molecule has 0 fully saturated rings. The molecule has 0 bridgehead atoms. The average molecular weight is 391 g/mol. The van der Waals surface area contributed by atoms with Gasteiger partial charge in [-0.1, -0.05) is 0 Å². The molecule has 0 aromatic rings. The van der Waals surface area contributed by atoms with Crippen LogP contribution in [0.3, 0.4) is 0 Å². The van der Waals surface area contributed by atoms with Crippen molar-refractivity contribution in [1.82, 2.24) is 0 Å². The summed E-state index contributed by atoms with van der Waals surface area (Å²) in [6, 6.07) is 0. The summed E-state index contributed by atoms with van der Waals surface area (Å²) in [4.78, 5) is 0. The van der Waals surface area contributed by atoms with Gasteiger partial charge in [-0.05, 0) is 0 Å². The van der Waals surface area contributed by atoms with Gasteiger partial charge < -0.3 is 0 Å². The van der Waals surface area contributed by atoms with Crippen molar-refractivity contribution >= 4 is 0 Å². The van der Waals surface area contributed by atoms with E-state index in [0.29, 0.717) is 0 Å². The van der Waals surface area contributed by atoms with E-state index in [-0.39, 0.29) is 0 Å². The summed E-state index contributed by atoms with van der Waals surface area (Å²) in [5, 5.41) is 0. The molecular formula is DyHoO4. The first-order chi connectivity index (χ1) is 2.73. The Morgan fingerprint density at radius 2 is 1.00 bits per heavy atom. The summed E-state index contributed by atoms with van der Waals surface area (Å²) >= 11 is -3.06. The van der Waals surface area contributed by atoms with Gasteiger partial charge in [0.25, 0.3) is 0 Å². The van der Waals surface area contributed by atoms with Crippen molar-refractivity contribution in [2.75, 3.05) is 0 Å². The molecule has 0 atom stereocenters. The van der Waals surface area contributed by atoms with Crippen LogP contribution >= 0.6 is 0 Å². The minimum atomic E-state index is -3.95. The second kappa shape index (κ2) is 9.88. The van der Waals surface area contributed by atoms with Crippen LogP contribution in [0.2, 0.25) is 0 Å². The van der Waals surface area contributed by atoms with Gasteiger partial charge in [-0.3, -0.25) is 0 Å². The summed E-state index contributed by atoms with van der Waals surface area (Å²) in [6.07, 6.45) is 0. The number of rotatable bonds is 0. The van der Waals surface area contributed by atoms with Gasteiger partial charge >= 0.3 is 74.2 Å². The van der Waals surface area contributed by atoms with Crippen molar-refractivity contribution in [3.05, 3.63) is 0 Å². The molecule has 0 aromatic carbocycles. The molecule has 0 amide bonds. The van der Waals surface area contributed by atoms with Gasteiger partial charge in [0, 0.05) is 0 Å². The summed E-state index contributed by atoms with van der Waals surface area (Å²) in [6.45, 7) is 0. The number of hydrogen-bond acceptors (Lipinski definition) is 4. The average Bonchev–Trinajstić information content (AvgIpc) is 1.41. The van der Waals surface area contributed by atoms with Crippen LogP contribution in [-0.2, 0) is 5.68 Å². The molecule has 6 heavy (non-hydrogen) atoms. The third kappa shape index (κ3) is 42.8.